The lowest BCUT2D eigenvalue weighted by Gasteiger charge is -2.01. The SMILES string of the molecule is CCC(=NOC)c1ccccc1. The van der Waals surface area contributed by atoms with Crippen LogP contribution in [-0.4, -0.2) is 12.8 Å². The molecule has 0 radical (unpaired) electrons. The summed E-state index contributed by atoms with van der Waals surface area (Å²) in [4.78, 5) is 4.74. The van der Waals surface area contributed by atoms with Crippen molar-refractivity contribution in [2.24, 2.45) is 5.16 Å². The minimum absolute atomic E-state index is 0.887. The molecule has 0 aromatic heterocycles. The summed E-state index contributed by atoms with van der Waals surface area (Å²) in [7, 11) is 1.57. The summed E-state index contributed by atoms with van der Waals surface area (Å²) in [6, 6.07) is 10.0. The molecule has 0 aliphatic carbocycles. The third-order valence-corrected chi connectivity index (χ3v) is 1.64. The van der Waals surface area contributed by atoms with Crippen molar-refractivity contribution in [3.8, 4) is 0 Å². The Labute approximate surface area is 72.9 Å². The van der Waals surface area contributed by atoms with Gasteiger partial charge in [-0.05, 0) is 12.0 Å². The Morgan fingerprint density at radius 1 is 1.33 bits per heavy atom. The zero-order chi connectivity index (χ0) is 8.81. The largest absolute Gasteiger partial charge is 0.399 e. The maximum atomic E-state index is 4.74. The molecule has 12 heavy (non-hydrogen) atoms. The van der Waals surface area contributed by atoms with E-state index in [1.54, 1.807) is 7.11 Å². The maximum Gasteiger partial charge on any atom is 0.106 e. The van der Waals surface area contributed by atoms with Crippen LogP contribution in [-0.2, 0) is 4.84 Å². The molecule has 0 unspecified atom stereocenters. The lowest BCUT2D eigenvalue weighted by molar-refractivity contribution is 0.213. The van der Waals surface area contributed by atoms with Crippen LogP contribution in [0.25, 0.3) is 0 Å². The van der Waals surface area contributed by atoms with Gasteiger partial charge in [0.25, 0.3) is 0 Å². The Morgan fingerprint density at radius 3 is 2.50 bits per heavy atom. The van der Waals surface area contributed by atoms with E-state index in [2.05, 4.69) is 12.1 Å². The van der Waals surface area contributed by atoms with Crippen molar-refractivity contribution in [1.29, 1.82) is 0 Å². The van der Waals surface area contributed by atoms with Crippen LogP contribution < -0.4 is 0 Å². The first-order chi connectivity index (χ1) is 5.88. The predicted molar refractivity (Wildman–Crippen MR) is 50.3 cm³/mol. The van der Waals surface area contributed by atoms with E-state index >= 15 is 0 Å². The topological polar surface area (TPSA) is 21.6 Å². The zero-order valence-electron chi connectivity index (χ0n) is 7.45. The van der Waals surface area contributed by atoms with Crippen molar-refractivity contribution in [2.75, 3.05) is 7.11 Å². The van der Waals surface area contributed by atoms with E-state index in [4.69, 9.17) is 4.84 Å². The molecule has 0 aliphatic heterocycles. The number of hydrogen-bond donors (Lipinski definition) is 0. The summed E-state index contributed by atoms with van der Waals surface area (Å²) < 4.78 is 0. The summed E-state index contributed by atoms with van der Waals surface area (Å²) in [6.07, 6.45) is 0.887. The fraction of sp³-hybridized carbons (Fsp3) is 0.300. The highest BCUT2D eigenvalue weighted by Crippen LogP contribution is 2.03. The van der Waals surface area contributed by atoms with E-state index < -0.39 is 0 Å². The smallest absolute Gasteiger partial charge is 0.106 e. The first kappa shape index (κ1) is 8.78. The Hall–Kier alpha value is -1.31. The predicted octanol–water partition coefficient (Wildman–Crippen LogP) is 2.45. The van der Waals surface area contributed by atoms with Crippen molar-refractivity contribution in [3.05, 3.63) is 35.9 Å². The quantitative estimate of drug-likeness (QED) is 0.495. The van der Waals surface area contributed by atoms with Crippen LogP contribution in [0.4, 0.5) is 0 Å². The molecule has 1 aromatic carbocycles. The van der Waals surface area contributed by atoms with Gasteiger partial charge in [-0.3, -0.25) is 0 Å². The second kappa shape index (κ2) is 4.54. The summed E-state index contributed by atoms with van der Waals surface area (Å²) in [5.41, 5.74) is 2.11. The highest BCUT2D eigenvalue weighted by Gasteiger charge is 1.98. The van der Waals surface area contributed by atoms with Crippen molar-refractivity contribution in [1.82, 2.24) is 0 Å². The standard InChI is InChI=1S/C10H13NO/c1-3-10(11-12-2)9-7-5-4-6-8-9/h4-8H,3H2,1-2H3. The zero-order valence-corrected chi connectivity index (χ0v) is 7.45. The molecule has 0 amide bonds. The molecule has 0 saturated carbocycles. The average Bonchev–Trinajstić information content (AvgIpc) is 2.15. The normalized spacial score (nSPS) is 11.3. The molecule has 0 N–H and O–H groups in total. The summed E-state index contributed by atoms with van der Waals surface area (Å²) in [6.45, 7) is 2.06. The number of oxime groups is 1. The Bertz CT molecular complexity index is 254. The van der Waals surface area contributed by atoms with Crippen LogP contribution in [0.3, 0.4) is 0 Å². The van der Waals surface area contributed by atoms with Gasteiger partial charge >= 0.3 is 0 Å². The van der Waals surface area contributed by atoms with Crippen LogP contribution in [0.1, 0.15) is 18.9 Å². The Morgan fingerprint density at radius 2 is 2.00 bits per heavy atom. The first-order valence-electron chi connectivity index (χ1n) is 4.04. The van der Waals surface area contributed by atoms with Crippen LogP contribution in [0, 0.1) is 0 Å². The van der Waals surface area contributed by atoms with E-state index in [0.717, 1.165) is 17.7 Å². The monoisotopic (exact) mass is 163 g/mol. The van der Waals surface area contributed by atoms with E-state index in [1.165, 1.54) is 0 Å². The number of nitrogens with zero attached hydrogens (tertiary/aromatic N) is 1. The molecule has 1 rings (SSSR count). The number of rotatable bonds is 3. The van der Waals surface area contributed by atoms with Crippen LogP contribution in [0.5, 0.6) is 0 Å². The van der Waals surface area contributed by atoms with E-state index in [-0.39, 0.29) is 0 Å². The fourth-order valence-electron chi connectivity index (χ4n) is 1.06. The molecule has 0 saturated heterocycles. The molecule has 0 spiro atoms. The first-order valence-corrected chi connectivity index (χ1v) is 4.04. The molecule has 0 aliphatic rings. The molecular formula is C10H13NO. The summed E-state index contributed by atoms with van der Waals surface area (Å²) in [5.74, 6) is 0. The number of benzene rings is 1. The summed E-state index contributed by atoms with van der Waals surface area (Å²) in [5, 5.41) is 3.93. The van der Waals surface area contributed by atoms with Crippen LogP contribution in [0.15, 0.2) is 35.5 Å². The van der Waals surface area contributed by atoms with Gasteiger partial charge in [0.15, 0.2) is 0 Å². The molecular weight excluding hydrogens is 150 g/mol. The van der Waals surface area contributed by atoms with Crippen LogP contribution in [0.2, 0.25) is 0 Å². The molecule has 64 valence electrons. The Kier molecular flexibility index (Phi) is 3.33. The number of hydrogen-bond acceptors (Lipinski definition) is 2. The van der Waals surface area contributed by atoms with Gasteiger partial charge in [-0.25, -0.2) is 0 Å². The van der Waals surface area contributed by atoms with E-state index in [1.807, 2.05) is 30.3 Å². The average molecular weight is 163 g/mol. The second-order valence-corrected chi connectivity index (χ2v) is 2.44. The molecule has 0 atom stereocenters. The molecule has 0 heterocycles. The molecule has 2 nitrogen and oxygen atoms in total. The summed E-state index contributed by atoms with van der Waals surface area (Å²) >= 11 is 0. The van der Waals surface area contributed by atoms with Gasteiger partial charge < -0.3 is 4.84 Å². The minimum Gasteiger partial charge on any atom is -0.399 e. The van der Waals surface area contributed by atoms with Crippen molar-refractivity contribution in [3.63, 3.8) is 0 Å². The van der Waals surface area contributed by atoms with Gasteiger partial charge in [0.1, 0.15) is 7.11 Å². The molecule has 2 heteroatoms. The van der Waals surface area contributed by atoms with Gasteiger partial charge in [-0.1, -0.05) is 42.4 Å². The molecule has 1 aromatic rings. The second-order valence-electron chi connectivity index (χ2n) is 2.44. The third kappa shape index (κ3) is 2.09. The lowest BCUT2D eigenvalue weighted by atomic mass is 10.1. The van der Waals surface area contributed by atoms with Crippen molar-refractivity contribution in [2.45, 2.75) is 13.3 Å². The Balaban J connectivity index is 2.88. The van der Waals surface area contributed by atoms with Gasteiger partial charge in [0.2, 0.25) is 0 Å². The van der Waals surface area contributed by atoms with Crippen molar-refractivity contribution < 1.29 is 4.84 Å². The van der Waals surface area contributed by atoms with Gasteiger partial charge in [-0.15, -0.1) is 0 Å². The lowest BCUT2D eigenvalue weighted by Crippen LogP contribution is -1.98. The highest BCUT2D eigenvalue weighted by atomic mass is 16.6. The van der Waals surface area contributed by atoms with Crippen LogP contribution >= 0.6 is 0 Å². The maximum absolute atomic E-state index is 4.74. The third-order valence-electron chi connectivity index (χ3n) is 1.64. The van der Waals surface area contributed by atoms with Gasteiger partial charge in [0, 0.05) is 0 Å². The van der Waals surface area contributed by atoms with E-state index in [0.29, 0.717) is 0 Å². The van der Waals surface area contributed by atoms with Crippen molar-refractivity contribution >= 4 is 5.71 Å². The minimum atomic E-state index is 0.887. The molecule has 0 bridgehead atoms. The highest BCUT2D eigenvalue weighted by molar-refractivity contribution is 5.99. The fourth-order valence-corrected chi connectivity index (χ4v) is 1.06. The van der Waals surface area contributed by atoms with Gasteiger partial charge in [-0.2, -0.15) is 0 Å². The van der Waals surface area contributed by atoms with E-state index in [9.17, 15) is 0 Å². The molecule has 0 fully saturated rings. The van der Waals surface area contributed by atoms with Gasteiger partial charge in [0.05, 0.1) is 5.71 Å².